The fraction of sp³-hybridized carbons (Fsp3) is 0.211. The average molecular weight is 371 g/mol. The molecular weight excluding hydrogens is 350 g/mol. The lowest BCUT2D eigenvalue weighted by Crippen LogP contribution is -2.34. The van der Waals surface area contributed by atoms with Crippen molar-refractivity contribution in [2.45, 2.75) is 6.92 Å². The number of nitrogens with zero attached hydrogens (tertiary/aromatic N) is 1. The number of hydrazone groups is 1. The van der Waals surface area contributed by atoms with Gasteiger partial charge in [-0.1, -0.05) is 6.07 Å². The van der Waals surface area contributed by atoms with Gasteiger partial charge in [-0.25, -0.2) is 5.43 Å². The molecule has 2 amide bonds. The van der Waals surface area contributed by atoms with Crippen LogP contribution in [-0.2, 0) is 4.79 Å². The summed E-state index contributed by atoms with van der Waals surface area (Å²) in [6.07, 6.45) is 1.32. The van der Waals surface area contributed by atoms with Crippen molar-refractivity contribution in [3.05, 3.63) is 53.1 Å². The first-order chi connectivity index (χ1) is 12.9. The van der Waals surface area contributed by atoms with Crippen molar-refractivity contribution in [2.75, 3.05) is 20.8 Å². The minimum absolute atomic E-state index is 0.0646. The lowest BCUT2D eigenvalue weighted by Gasteiger charge is -2.09. The van der Waals surface area contributed by atoms with Gasteiger partial charge in [0.15, 0.2) is 11.5 Å². The van der Waals surface area contributed by atoms with E-state index < -0.39 is 11.8 Å². The normalized spacial score (nSPS) is 10.5. The highest BCUT2D eigenvalue weighted by molar-refractivity contribution is 5.97. The number of hydrogen-bond donors (Lipinski definition) is 3. The maximum Gasteiger partial charge on any atom is 0.259 e. The van der Waals surface area contributed by atoms with Crippen molar-refractivity contribution in [1.29, 1.82) is 0 Å². The lowest BCUT2D eigenvalue weighted by atomic mass is 10.1. The quantitative estimate of drug-likeness (QED) is 0.506. The summed E-state index contributed by atoms with van der Waals surface area (Å²) in [4.78, 5) is 23.9. The number of carbonyl (C=O) groups is 2. The molecule has 0 spiro atoms. The van der Waals surface area contributed by atoms with E-state index in [-0.39, 0.29) is 12.3 Å². The number of rotatable bonds is 7. The van der Waals surface area contributed by atoms with E-state index in [0.29, 0.717) is 22.6 Å². The van der Waals surface area contributed by atoms with Gasteiger partial charge in [-0.3, -0.25) is 9.59 Å². The number of ether oxygens (including phenoxy) is 2. The molecule has 0 aliphatic rings. The van der Waals surface area contributed by atoms with Crippen molar-refractivity contribution in [3.63, 3.8) is 0 Å². The Morgan fingerprint density at radius 1 is 1.11 bits per heavy atom. The van der Waals surface area contributed by atoms with Crippen LogP contribution in [0.15, 0.2) is 41.5 Å². The summed E-state index contributed by atoms with van der Waals surface area (Å²) in [6.45, 7) is 1.59. The predicted molar refractivity (Wildman–Crippen MR) is 100 cm³/mol. The van der Waals surface area contributed by atoms with E-state index in [1.807, 2.05) is 13.0 Å². The van der Waals surface area contributed by atoms with Crippen LogP contribution < -0.4 is 20.2 Å². The molecule has 0 bridgehead atoms. The number of phenols is 1. The summed E-state index contributed by atoms with van der Waals surface area (Å²) in [5, 5.41) is 16.0. The standard InChI is InChI=1S/C19H21N3O5/c1-12-4-5-14(15(23)8-12)10-21-22-18(24)11-20-19(25)13-6-7-16(26-2)17(9-13)27-3/h4-10,23H,11H2,1-3H3,(H,20,25)(H,22,24)/b21-10+. The van der Waals surface area contributed by atoms with Crippen LogP contribution in [0.1, 0.15) is 21.5 Å². The SMILES string of the molecule is COc1ccc(C(=O)NCC(=O)N/N=C/c2ccc(C)cc2O)cc1OC. The first-order valence-corrected chi connectivity index (χ1v) is 8.06. The molecule has 0 aromatic heterocycles. The van der Waals surface area contributed by atoms with Gasteiger partial charge in [0.05, 0.1) is 27.0 Å². The molecule has 0 heterocycles. The summed E-state index contributed by atoms with van der Waals surface area (Å²) in [5.41, 5.74) is 3.98. The van der Waals surface area contributed by atoms with Crippen molar-refractivity contribution in [2.24, 2.45) is 5.10 Å². The molecule has 0 unspecified atom stereocenters. The molecule has 0 radical (unpaired) electrons. The van der Waals surface area contributed by atoms with Crippen LogP contribution in [0.5, 0.6) is 17.2 Å². The number of carbonyl (C=O) groups excluding carboxylic acids is 2. The van der Waals surface area contributed by atoms with Crippen LogP contribution in [0.25, 0.3) is 0 Å². The van der Waals surface area contributed by atoms with Crippen molar-refractivity contribution in [3.8, 4) is 17.2 Å². The van der Waals surface area contributed by atoms with Gasteiger partial charge in [0, 0.05) is 11.1 Å². The summed E-state index contributed by atoms with van der Waals surface area (Å²) >= 11 is 0. The third-order valence-corrected chi connectivity index (χ3v) is 3.63. The molecule has 0 aliphatic carbocycles. The Labute approximate surface area is 156 Å². The molecule has 142 valence electrons. The van der Waals surface area contributed by atoms with Gasteiger partial charge >= 0.3 is 0 Å². The van der Waals surface area contributed by atoms with E-state index in [1.165, 1.54) is 26.5 Å². The Kier molecular flexibility index (Phi) is 6.76. The van der Waals surface area contributed by atoms with E-state index in [9.17, 15) is 14.7 Å². The van der Waals surface area contributed by atoms with Gasteiger partial charge in [-0.15, -0.1) is 0 Å². The third kappa shape index (κ3) is 5.46. The zero-order chi connectivity index (χ0) is 19.8. The maximum atomic E-state index is 12.1. The second-order valence-corrected chi connectivity index (χ2v) is 5.61. The number of phenolic OH excluding ortho intramolecular Hbond substituents is 1. The zero-order valence-corrected chi connectivity index (χ0v) is 15.3. The van der Waals surface area contributed by atoms with Crippen LogP contribution >= 0.6 is 0 Å². The number of benzene rings is 2. The van der Waals surface area contributed by atoms with Gasteiger partial charge in [0.25, 0.3) is 11.8 Å². The molecule has 0 fully saturated rings. The summed E-state index contributed by atoms with van der Waals surface area (Å²) in [7, 11) is 2.97. The summed E-state index contributed by atoms with van der Waals surface area (Å²) < 4.78 is 10.3. The molecular formula is C19H21N3O5. The van der Waals surface area contributed by atoms with Crippen molar-refractivity contribution >= 4 is 18.0 Å². The first kappa shape index (κ1) is 19.8. The van der Waals surface area contributed by atoms with Gasteiger partial charge in [0.2, 0.25) is 0 Å². The minimum Gasteiger partial charge on any atom is -0.507 e. The van der Waals surface area contributed by atoms with E-state index in [4.69, 9.17) is 9.47 Å². The molecule has 8 heteroatoms. The average Bonchev–Trinajstić information content (AvgIpc) is 2.67. The van der Waals surface area contributed by atoms with Gasteiger partial charge in [0.1, 0.15) is 5.75 Å². The van der Waals surface area contributed by atoms with Crippen LogP contribution in [0.3, 0.4) is 0 Å². The Balaban J connectivity index is 1.87. The zero-order valence-electron chi connectivity index (χ0n) is 15.3. The monoisotopic (exact) mass is 371 g/mol. The highest BCUT2D eigenvalue weighted by Crippen LogP contribution is 2.27. The van der Waals surface area contributed by atoms with Crippen LogP contribution in [-0.4, -0.2) is 43.9 Å². The largest absolute Gasteiger partial charge is 0.507 e. The molecule has 0 saturated carbocycles. The lowest BCUT2D eigenvalue weighted by molar-refractivity contribution is -0.120. The molecule has 2 aromatic rings. The third-order valence-electron chi connectivity index (χ3n) is 3.63. The highest BCUT2D eigenvalue weighted by Gasteiger charge is 2.11. The Bertz CT molecular complexity index is 864. The van der Waals surface area contributed by atoms with Crippen molar-refractivity contribution in [1.82, 2.24) is 10.7 Å². The van der Waals surface area contributed by atoms with Gasteiger partial charge in [-0.2, -0.15) is 5.10 Å². The number of nitrogens with one attached hydrogen (secondary N) is 2. The van der Waals surface area contributed by atoms with E-state index in [1.54, 1.807) is 24.3 Å². The second-order valence-electron chi connectivity index (χ2n) is 5.61. The van der Waals surface area contributed by atoms with Crippen LogP contribution in [0.4, 0.5) is 0 Å². The van der Waals surface area contributed by atoms with Gasteiger partial charge in [-0.05, 0) is 42.8 Å². The fourth-order valence-corrected chi connectivity index (χ4v) is 2.22. The Hall–Kier alpha value is -3.55. The number of methoxy groups -OCH3 is 2. The van der Waals surface area contributed by atoms with E-state index in [2.05, 4.69) is 15.8 Å². The van der Waals surface area contributed by atoms with E-state index in [0.717, 1.165) is 5.56 Å². The molecule has 0 aliphatic heterocycles. The second kappa shape index (κ2) is 9.23. The topological polar surface area (TPSA) is 109 Å². The molecule has 2 rings (SSSR count). The Morgan fingerprint density at radius 3 is 2.52 bits per heavy atom. The Morgan fingerprint density at radius 2 is 1.85 bits per heavy atom. The maximum absolute atomic E-state index is 12.1. The number of hydrogen-bond acceptors (Lipinski definition) is 6. The van der Waals surface area contributed by atoms with Crippen molar-refractivity contribution < 1.29 is 24.2 Å². The number of amides is 2. The molecule has 27 heavy (non-hydrogen) atoms. The predicted octanol–water partition coefficient (Wildman–Crippen LogP) is 1.60. The first-order valence-electron chi connectivity index (χ1n) is 8.06. The number of aryl methyl sites for hydroxylation is 1. The van der Waals surface area contributed by atoms with Gasteiger partial charge < -0.3 is 19.9 Å². The van der Waals surface area contributed by atoms with Crippen LogP contribution in [0, 0.1) is 6.92 Å². The number of aromatic hydroxyl groups is 1. The van der Waals surface area contributed by atoms with Crippen LogP contribution in [0.2, 0.25) is 0 Å². The summed E-state index contributed by atoms with van der Waals surface area (Å²) in [5.74, 6) is 0.0327. The molecule has 2 aromatic carbocycles. The van der Waals surface area contributed by atoms with E-state index >= 15 is 0 Å². The molecule has 0 saturated heterocycles. The fourth-order valence-electron chi connectivity index (χ4n) is 2.22. The highest BCUT2D eigenvalue weighted by atomic mass is 16.5. The minimum atomic E-state index is -0.508. The molecule has 0 atom stereocenters. The molecule has 3 N–H and O–H groups in total. The summed E-state index contributed by atoms with van der Waals surface area (Å²) in [6, 6.07) is 9.77. The molecule has 8 nitrogen and oxygen atoms in total. The smallest absolute Gasteiger partial charge is 0.259 e.